The lowest BCUT2D eigenvalue weighted by Gasteiger charge is -2.12. The molecule has 3 aromatic rings. The lowest BCUT2D eigenvalue weighted by atomic mass is 10.3. The number of rotatable bonds is 7. The maximum absolute atomic E-state index is 11.8. The molecule has 0 aromatic heterocycles. The Morgan fingerprint density at radius 1 is 0.700 bits per heavy atom. The van der Waals surface area contributed by atoms with Crippen LogP contribution in [-0.4, -0.2) is 22.8 Å². The van der Waals surface area contributed by atoms with Crippen LogP contribution >= 0.6 is 0 Å². The molecule has 0 saturated carbocycles. The summed E-state index contributed by atoms with van der Waals surface area (Å²) in [5.41, 5.74) is -0.322. The molecule has 0 spiro atoms. The first-order chi connectivity index (χ1) is 14.1. The van der Waals surface area contributed by atoms with Gasteiger partial charge in [0.15, 0.2) is 0 Å². The second-order valence-corrected chi connectivity index (χ2v) is 7.18. The van der Waals surface area contributed by atoms with Crippen molar-refractivity contribution in [3.63, 3.8) is 0 Å². The highest BCUT2D eigenvalue weighted by atomic mass is 32.2. The SMILES string of the molecule is O=[N+]([O-])c1ccc(Oc2ccc(Oc3ccc([N+](=O)[O-])cc3)c(S(=O)(=O)O)c2)cc1. The molecule has 0 bridgehead atoms. The molecule has 11 nitrogen and oxygen atoms in total. The zero-order valence-corrected chi connectivity index (χ0v) is 15.7. The smallest absolute Gasteiger partial charge is 0.298 e. The summed E-state index contributed by atoms with van der Waals surface area (Å²) in [5.74, 6) is 0.0930. The van der Waals surface area contributed by atoms with Gasteiger partial charge in [0.2, 0.25) is 0 Å². The van der Waals surface area contributed by atoms with Gasteiger partial charge in [-0.3, -0.25) is 24.8 Å². The highest BCUT2D eigenvalue weighted by Crippen LogP contribution is 2.34. The van der Waals surface area contributed by atoms with Gasteiger partial charge in [0, 0.05) is 30.3 Å². The van der Waals surface area contributed by atoms with Crippen LogP contribution in [0.25, 0.3) is 0 Å². The van der Waals surface area contributed by atoms with E-state index in [1.165, 1.54) is 60.7 Å². The molecule has 3 aromatic carbocycles. The molecule has 0 aliphatic rings. The van der Waals surface area contributed by atoms with Gasteiger partial charge in [-0.15, -0.1) is 0 Å². The van der Waals surface area contributed by atoms with Crippen molar-refractivity contribution in [1.29, 1.82) is 0 Å². The molecule has 30 heavy (non-hydrogen) atoms. The standard InChI is InChI=1S/C18H12N2O9S/c21-19(22)12-1-5-14(6-2-12)28-16-9-10-17(18(11-16)30(25,26)27)29-15-7-3-13(4-8-15)20(23)24/h1-11H,(H,25,26,27). The van der Waals surface area contributed by atoms with E-state index in [2.05, 4.69) is 0 Å². The number of nitro benzene ring substituents is 2. The number of nitro groups is 2. The average Bonchev–Trinajstić information content (AvgIpc) is 2.69. The van der Waals surface area contributed by atoms with E-state index in [9.17, 15) is 33.2 Å². The second-order valence-electron chi connectivity index (χ2n) is 5.79. The Morgan fingerprint density at radius 3 is 1.57 bits per heavy atom. The van der Waals surface area contributed by atoms with Crippen LogP contribution in [0, 0.1) is 20.2 Å². The molecule has 0 radical (unpaired) electrons. The Bertz CT molecular complexity index is 1210. The van der Waals surface area contributed by atoms with E-state index in [0.29, 0.717) is 0 Å². The molecule has 154 valence electrons. The maximum Gasteiger partial charge on any atom is 0.298 e. The van der Waals surface area contributed by atoms with Gasteiger partial charge in [0.25, 0.3) is 21.5 Å². The van der Waals surface area contributed by atoms with Crippen LogP contribution < -0.4 is 9.47 Å². The fourth-order valence-corrected chi connectivity index (χ4v) is 3.00. The third kappa shape index (κ3) is 4.87. The quantitative estimate of drug-likeness (QED) is 0.325. The van der Waals surface area contributed by atoms with Gasteiger partial charge in [-0.25, -0.2) is 0 Å². The summed E-state index contributed by atoms with van der Waals surface area (Å²) in [6, 6.07) is 13.6. The maximum atomic E-state index is 11.8. The van der Waals surface area contributed by atoms with Gasteiger partial charge in [0.05, 0.1) is 9.85 Å². The summed E-state index contributed by atoms with van der Waals surface area (Å²) in [7, 11) is -4.71. The largest absolute Gasteiger partial charge is 0.457 e. The fraction of sp³-hybridized carbons (Fsp3) is 0. The molecule has 0 amide bonds. The minimum atomic E-state index is -4.71. The number of hydrogen-bond acceptors (Lipinski definition) is 8. The Balaban J connectivity index is 1.88. The molecule has 0 atom stereocenters. The Labute approximate surface area is 169 Å². The molecule has 0 aliphatic heterocycles. The van der Waals surface area contributed by atoms with Crippen molar-refractivity contribution in [3.8, 4) is 23.0 Å². The van der Waals surface area contributed by atoms with Crippen molar-refractivity contribution >= 4 is 21.5 Å². The summed E-state index contributed by atoms with van der Waals surface area (Å²) < 4.78 is 44.0. The number of hydrogen-bond donors (Lipinski definition) is 1. The lowest BCUT2D eigenvalue weighted by Crippen LogP contribution is -2.02. The van der Waals surface area contributed by atoms with Crippen molar-refractivity contribution in [3.05, 3.63) is 87.0 Å². The topological polar surface area (TPSA) is 159 Å². The second kappa shape index (κ2) is 8.14. The normalized spacial score (nSPS) is 11.0. The molecular weight excluding hydrogens is 420 g/mol. The first kappa shape index (κ1) is 20.7. The minimum absolute atomic E-state index is 0.0209. The van der Waals surface area contributed by atoms with Crippen LogP contribution in [0.2, 0.25) is 0 Å². The number of benzene rings is 3. The molecular formula is C18H12N2O9S. The lowest BCUT2D eigenvalue weighted by molar-refractivity contribution is -0.385. The van der Waals surface area contributed by atoms with Crippen LogP contribution in [0.5, 0.6) is 23.0 Å². The van der Waals surface area contributed by atoms with E-state index >= 15 is 0 Å². The summed E-state index contributed by atoms with van der Waals surface area (Å²) >= 11 is 0. The van der Waals surface area contributed by atoms with Crippen molar-refractivity contribution in [2.75, 3.05) is 0 Å². The first-order valence-electron chi connectivity index (χ1n) is 8.09. The van der Waals surface area contributed by atoms with Gasteiger partial charge in [-0.1, -0.05) is 0 Å². The third-order valence-corrected chi connectivity index (χ3v) is 4.63. The van der Waals surface area contributed by atoms with E-state index < -0.39 is 24.9 Å². The van der Waals surface area contributed by atoms with Gasteiger partial charge in [0.1, 0.15) is 27.9 Å². The first-order valence-corrected chi connectivity index (χ1v) is 9.53. The van der Waals surface area contributed by atoms with Gasteiger partial charge >= 0.3 is 0 Å². The molecule has 0 heterocycles. The fourth-order valence-electron chi connectivity index (χ4n) is 2.37. The summed E-state index contributed by atoms with van der Waals surface area (Å²) in [4.78, 5) is 19.6. The minimum Gasteiger partial charge on any atom is -0.457 e. The van der Waals surface area contributed by atoms with E-state index in [1.807, 2.05) is 0 Å². The van der Waals surface area contributed by atoms with Crippen molar-refractivity contribution in [2.24, 2.45) is 0 Å². The van der Waals surface area contributed by atoms with Gasteiger partial charge in [-0.2, -0.15) is 8.42 Å². The summed E-state index contributed by atoms with van der Waals surface area (Å²) in [6.07, 6.45) is 0. The number of non-ortho nitro benzene ring substituents is 2. The molecule has 0 fully saturated rings. The van der Waals surface area contributed by atoms with Crippen molar-refractivity contribution in [2.45, 2.75) is 4.90 Å². The van der Waals surface area contributed by atoms with Crippen LogP contribution in [0.3, 0.4) is 0 Å². The zero-order valence-electron chi connectivity index (χ0n) is 14.9. The van der Waals surface area contributed by atoms with Gasteiger partial charge < -0.3 is 9.47 Å². The average molecular weight is 432 g/mol. The van der Waals surface area contributed by atoms with Crippen LogP contribution in [0.4, 0.5) is 11.4 Å². The van der Waals surface area contributed by atoms with Crippen LogP contribution in [-0.2, 0) is 10.1 Å². The Hall–Kier alpha value is -4.03. The highest BCUT2D eigenvalue weighted by Gasteiger charge is 2.19. The summed E-state index contributed by atoms with van der Waals surface area (Å²) in [5, 5.41) is 21.4. The highest BCUT2D eigenvalue weighted by molar-refractivity contribution is 7.86. The zero-order chi connectivity index (χ0) is 21.9. The molecule has 0 saturated heterocycles. The monoisotopic (exact) mass is 432 g/mol. The van der Waals surface area contributed by atoms with Crippen molar-refractivity contribution in [1.82, 2.24) is 0 Å². The molecule has 1 N–H and O–H groups in total. The van der Waals surface area contributed by atoms with Crippen molar-refractivity contribution < 1.29 is 32.3 Å². The molecule has 0 aliphatic carbocycles. The van der Waals surface area contributed by atoms with Crippen LogP contribution in [0.1, 0.15) is 0 Å². The van der Waals surface area contributed by atoms with Crippen LogP contribution in [0.15, 0.2) is 71.6 Å². The van der Waals surface area contributed by atoms with E-state index in [-0.39, 0.29) is 34.4 Å². The van der Waals surface area contributed by atoms with E-state index in [1.54, 1.807) is 0 Å². The van der Waals surface area contributed by atoms with Gasteiger partial charge in [-0.05, 0) is 36.4 Å². The molecule has 0 unspecified atom stereocenters. The predicted molar refractivity (Wildman–Crippen MR) is 103 cm³/mol. The number of ether oxygens (including phenoxy) is 2. The third-order valence-electron chi connectivity index (χ3n) is 3.75. The Morgan fingerprint density at radius 2 is 1.13 bits per heavy atom. The molecule has 3 rings (SSSR count). The molecule has 12 heteroatoms. The number of nitrogens with zero attached hydrogens (tertiary/aromatic N) is 2. The Kier molecular flexibility index (Phi) is 5.62. The predicted octanol–water partition coefficient (Wildman–Crippen LogP) is 4.33. The van der Waals surface area contributed by atoms with E-state index in [0.717, 1.165) is 6.07 Å². The van der Waals surface area contributed by atoms with E-state index in [4.69, 9.17) is 9.47 Å². The summed E-state index contributed by atoms with van der Waals surface area (Å²) in [6.45, 7) is 0.